The average molecular weight is 314 g/mol. The molecule has 0 atom stereocenters. The molecule has 3 rings (SSSR count). The van der Waals surface area contributed by atoms with Gasteiger partial charge in [0.25, 0.3) is 0 Å². The van der Waals surface area contributed by atoms with E-state index in [1.165, 1.54) is 7.11 Å². The first kappa shape index (κ1) is 15.0. The maximum atomic E-state index is 11.1. The summed E-state index contributed by atoms with van der Waals surface area (Å²) in [4.78, 5) is 28.3. The number of rotatable bonds is 3. The maximum Gasteiger partial charge on any atom is 0.412 e. The smallest absolute Gasteiger partial charge is 0.412 e. The van der Waals surface area contributed by atoms with E-state index in [2.05, 4.69) is 34.8 Å². The van der Waals surface area contributed by atoms with Crippen LogP contribution in [0.5, 0.6) is 0 Å². The minimum absolute atomic E-state index is 0.469. The lowest BCUT2D eigenvalue weighted by molar-refractivity contribution is 0.187. The predicted octanol–water partition coefficient (Wildman–Crippen LogP) is 1.38. The zero-order chi connectivity index (χ0) is 16.1. The highest BCUT2D eigenvalue weighted by molar-refractivity contribution is 5.83. The van der Waals surface area contributed by atoms with Gasteiger partial charge >= 0.3 is 6.09 Å². The molecule has 8 heteroatoms. The fourth-order valence-electron chi connectivity index (χ4n) is 2.42. The van der Waals surface area contributed by atoms with Crippen LogP contribution in [-0.4, -0.2) is 54.3 Å². The number of piperazine rings is 1. The summed E-state index contributed by atoms with van der Waals surface area (Å²) in [5.41, 5.74) is 1.02. The Morgan fingerprint density at radius 3 is 2.39 bits per heavy atom. The molecule has 3 heterocycles. The van der Waals surface area contributed by atoms with Gasteiger partial charge in [-0.05, 0) is 18.2 Å². The van der Waals surface area contributed by atoms with Crippen LogP contribution in [0.15, 0.2) is 36.8 Å². The van der Waals surface area contributed by atoms with Crippen LogP contribution in [0.2, 0.25) is 0 Å². The van der Waals surface area contributed by atoms with Crippen LogP contribution in [0.3, 0.4) is 0 Å². The molecule has 1 aliphatic rings. The molecule has 23 heavy (non-hydrogen) atoms. The van der Waals surface area contributed by atoms with Crippen molar-refractivity contribution < 1.29 is 9.53 Å². The van der Waals surface area contributed by atoms with Gasteiger partial charge in [0.15, 0.2) is 0 Å². The van der Waals surface area contributed by atoms with Crippen LogP contribution in [0.25, 0.3) is 0 Å². The van der Waals surface area contributed by atoms with Gasteiger partial charge < -0.3 is 14.5 Å². The SMILES string of the molecule is COC(=O)Nc1ccc(N2CCN(c3ncccn3)CC2)cn1. The third-order valence-electron chi connectivity index (χ3n) is 3.64. The fraction of sp³-hybridized carbons (Fsp3) is 0.333. The average Bonchev–Trinajstić information content (AvgIpc) is 2.63. The van der Waals surface area contributed by atoms with E-state index >= 15 is 0 Å². The highest BCUT2D eigenvalue weighted by Crippen LogP contribution is 2.18. The summed E-state index contributed by atoms with van der Waals surface area (Å²) in [6, 6.07) is 5.52. The van der Waals surface area contributed by atoms with Crippen molar-refractivity contribution in [2.75, 3.05) is 48.4 Å². The third-order valence-corrected chi connectivity index (χ3v) is 3.64. The van der Waals surface area contributed by atoms with Crippen molar-refractivity contribution in [1.82, 2.24) is 15.0 Å². The number of carbonyl (C=O) groups excluding carboxylic acids is 1. The summed E-state index contributed by atoms with van der Waals surface area (Å²) in [5.74, 6) is 1.24. The first-order valence-corrected chi connectivity index (χ1v) is 7.34. The topological polar surface area (TPSA) is 83.5 Å². The number of anilines is 3. The minimum atomic E-state index is -0.526. The summed E-state index contributed by atoms with van der Waals surface area (Å²) < 4.78 is 4.54. The molecule has 8 nitrogen and oxygen atoms in total. The Labute approximate surface area is 134 Å². The van der Waals surface area contributed by atoms with Gasteiger partial charge in [0, 0.05) is 38.6 Å². The van der Waals surface area contributed by atoms with Crippen LogP contribution < -0.4 is 15.1 Å². The molecular formula is C15H18N6O2. The number of hydrogen-bond donors (Lipinski definition) is 1. The van der Waals surface area contributed by atoms with E-state index in [-0.39, 0.29) is 0 Å². The molecule has 0 saturated carbocycles. The van der Waals surface area contributed by atoms with E-state index in [9.17, 15) is 4.79 Å². The molecule has 1 saturated heterocycles. The number of ether oxygens (including phenoxy) is 1. The van der Waals surface area contributed by atoms with E-state index in [1.807, 2.05) is 12.1 Å². The largest absolute Gasteiger partial charge is 0.453 e. The second-order valence-electron chi connectivity index (χ2n) is 5.04. The zero-order valence-corrected chi connectivity index (χ0v) is 12.8. The lowest BCUT2D eigenvalue weighted by Crippen LogP contribution is -2.47. The van der Waals surface area contributed by atoms with Gasteiger partial charge in [-0.3, -0.25) is 5.32 Å². The number of carbonyl (C=O) groups is 1. The molecule has 1 N–H and O–H groups in total. The first-order valence-electron chi connectivity index (χ1n) is 7.34. The second kappa shape index (κ2) is 6.91. The standard InChI is InChI=1S/C15H18N6O2/c1-23-15(22)19-13-4-3-12(11-18-13)20-7-9-21(10-8-20)14-16-5-2-6-17-14/h2-6,11H,7-10H2,1H3,(H,18,19,22). The Balaban J connectivity index is 1.58. The van der Waals surface area contributed by atoms with E-state index in [4.69, 9.17) is 0 Å². The maximum absolute atomic E-state index is 11.1. The Bertz CT molecular complexity index is 641. The number of methoxy groups -OCH3 is 1. The van der Waals surface area contributed by atoms with E-state index in [1.54, 1.807) is 24.7 Å². The number of nitrogens with zero attached hydrogens (tertiary/aromatic N) is 5. The summed E-state index contributed by atoms with van der Waals surface area (Å²) >= 11 is 0. The molecule has 0 bridgehead atoms. The van der Waals surface area contributed by atoms with Gasteiger partial charge in [0.05, 0.1) is 19.0 Å². The number of aromatic nitrogens is 3. The van der Waals surface area contributed by atoms with Crippen LogP contribution in [0.4, 0.5) is 22.2 Å². The Morgan fingerprint density at radius 2 is 1.78 bits per heavy atom. The molecule has 1 fully saturated rings. The predicted molar refractivity (Wildman–Crippen MR) is 86.7 cm³/mol. The molecule has 0 radical (unpaired) electrons. The second-order valence-corrected chi connectivity index (χ2v) is 5.04. The van der Waals surface area contributed by atoms with Crippen LogP contribution in [-0.2, 0) is 4.74 Å². The van der Waals surface area contributed by atoms with Crippen molar-refractivity contribution in [2.45, 2.75) is 0 Å². The van der Waals surface area contributed by atoms with Crippen molar-refractivity contribution in [1.29, 1.82) is 0 Å². The zero-order valence-electron chi connectivity index (χ0n) is 12.8. The number of pyridine rings is 1. The van der Waals surface area contributed by atoms with Crippen molar-refractivity contribution >= 4 is 23.5 Å². The monoisotopic (exact) mass is 314 g/mol. The molecule has 120 valence electrons. The molecule has 0 aromatic carbocycles. The van der Waals surface area contributed by atoms with Crippen molar-refractivity contribution in [3.63, 3.8) is 0 Å². The highest BCUT2D eigenvalue weighted by Gasteiger charge is 2.19. The van der Waals surface area contributed by atoms with Crippen LogP contribution in [0.1, 0.15) is 0 Å². The van der Waals surface area contributed by atoms with Gasteiger partial charge in [0.2, 0.25) is 5.95 Å². The van der Waals surface area contributed by atoms with E-state index < -0.39 is 6.09 Å². The number of hydrogen-bond acceptors (Lipinski definition) is 7. The molecule has 2 aromatic rings. The Morgan fingerprint density at radius 1 is 1.09 bits per heavy atom. The normalized spacial score (nSPS) is 14.5. The third kappa shape index (κ3) is 3.65. The quantitative estimate of drug-likeness (QED) is 0.916. The summed E-state index contributed by atoms with van der Waals surface area (Å²) in [6.45, 7) is 3.44. The molecule has 0 unspecified atom stereocenters. The van der Waals surface area contributed by atoms with Gasteiger partial charge in [-0.2, -0.15) is 0 Å². The van der Waals surface area contributed by atoms with Gasteiger partial charge in [-0.25, -0.2) is 19.7 Å². The number of amides is 1. The highest BCUT2D eigenvalue weighted by atomic mass is 16.5. The Kier molecular flexibility index (Phi) is 4.51. The van der Waals surface area contributed by atoms with Crippen molar-refractivity contribution in [2.24, 2.45) is 0 Å². The van der Waals surface area contributed by atoms with Crippen molar-refractivity contribution in [3.8, 4) is 0 Å². The first-order chi connectivity index (χ1) is 11.3. The molecule has 1 aliphatic heterocycles. The van der Waals surface area contributed by atoms with Crippen LogP contribution >= 0.6 is 0 Å². The van der Waals surface area contributed by atoms with E-state index in [0.717, 1.165) is 37.8 Å². The summed E-state index contributed by atoms with van der Waals surface area (Å²) in [7, 11) is 1.32. The van der Waals surface area contributed by atoms with Gasteiger partial charge in [-0.15, -0.1) is 0 Å². The number of nitrogens with one attached hydrogen (secondary N) is 1. The molecular weight excluding hydrogens is 296 g/mol. The molecule has 1 amide bonds. The lowest BCUT2D eigenvalue weighted by Gasteiger charge is -2.35. The lowest BCUT2D eigenvalue weighted by atomic mass is 10.3. The van der Waals surface area contributed by atoms with Gasteiger partial charge in [-0.1, -0.05) is 0 Å². The van der Waals surface area contributed by atoms with Gasteiger partial charge in [0.1, 0.15) is 5.82 Å². The van der Waals surface area contributed by atoms with Crippen LogP contribution in [0, 0.1) is 0 Å². The van der Waals surface area contributed by atoms with Crippen molar-refractivity contribution in [3.05, 3.63) is 36.8 Å². The summed E-state index contributed by atoms with van der Waals surface area (Å²) in [5, 5.41) is 2.53. The molecule has 2 aromatic heterocycles. The molecule has 0 aliphatic carbocycles. The Hall–Kier alpha value is -2.90. The fourth-order valence-corrected chi connectivity index (χ4v) is 2.42. The molecule has 0 spiro atoms. The van der Waals surface area contributed by atoms with E-state index in [0.29, 0.717) is 5.82 Å². The minimum Gasteiger partial charge on any atom is -0.453 e. The summed E-state index contributed by atoms with van der Waals surface area (Å²) in [6.07, 6.45) is 4.74.